The van der Waals surface area contributed by atoms with Crippen molar-refractivity contribution >= 4 is 17.9 Å². The Hall–Kier alpha value is -2.75. The van der Waals surface area contributed by atoms with Crippen molar-refractivity contribution in [2.75, 3.05) is 19.8 Å². The lowest BCUT2D eigenvalue weighted by atomic mass is 9.54. The molecule has 0 amide bonds. The second-order valence-corrected chi connectivity index (χ2v) is 10.8. The SMILES string of the molecule is CC1=C[C@@H]2O[C@H]3CC[C@@](C)([C@]2(COC(=O)[C@H]2O[C@]2(C)CCOC(=O)/C=C/C=C\C(=O)O)C=C1)[C@@]31CO1. The minimum atomic E-state index is -1.11. The zero-order chi connectivity index (χ0) is 25.8. The van der Waals surface area contributed by atoms with Crippen molar-refractivity contribution in [2.24, 2.45) is 10.8 Å². The number of carbonyl (C=O) groups is 3. The van der Waals surface area contributed by atoms with Crippen LogP contribution in [-0.2, 0) is 38.1 Å². The number of hydrogen-bond acceptors (Lipinski definition) is 8. The van der Waals surface area contributed by atoms with Crippen molar-refractivity contribution in [2.45, 2.75) is 69.5 Å². The molecule has 0 aromatic carbocycles. The number of fused-ring (bicyclic) bond motifs is 2. The van der Waals surface area contributed by atoms with Crippen LogP contribution in [0.4, 0.5) is 0 Å². The number of carboxylic acid groups (broad SMARTS) is 1. The maximum Gasteiger partial charge on any atom is 0.338 e. The second kappa shape index (κ2) is 8.68. The highest BCUT2D eigenvalue weighted by Crippen LogP contribution is 2.70. The Morgan fingerprint density at radius 3 is 2.67 bits per heavy atom. The number of hydrogen-bond donors (Lipinski definition) is 1. The number of rotatable bonds is 9. The predicted molar refractivity (Wildman–Crippen MR) is 126 cm³/mol. The summed E-state index contributed by atoms with van der Waals surface area (Å²) in [6, 6.07) is 0. The van der Waals surface area contributed by atoms with E-state index in [1.54, 1.807) is 6.92 Å². The highest BCUT2D eigenvalue weighted by Gasteiger charge is 2.78. The summed E-state index contributed by atoms with van der Waals surface area (Å²) in [7, 11) is 0. The van der Waals surface area contributed by atoms with E-state index < -0.39 is 35.0 Å². The zero-order valence-corrected chi connectivity index (χ0v) is 20.7. The second-order valence-electron chi connectivity index (χ2n) is 10.8. The lowest BCUT2D eigenvalue weighted by Crippen LogP contribution is -2.63. The topological polar surface area (TPSA) is 124 Å². The van der Waals surface area contributed by atoms with Crippen LogP contribution >= 0.6 is 0 Å². The highest BCUT2D eigenvalue weighted by atomic mass is 16.7. The van der Waals surface area contributed by atoms with Crippen LogP contribution in [0.5, 0.6) is 0 Å². The average molecular weight is 501 g/mol. The van der Waals surface area contributed by atoms with Crippen LogP contribution in [0.2, 0.25) is 0 Å². The summed E-state index contributed by atoms with van der Waals surface area (Å²) >= 11 is 0. The zero-order valence-electron chi connectivity index (χ0n) is 20.7. The van der Waals surface area contributed by atoms with Crippen molar-refractivity contribution in [3.63, 3.8) is 0 Å². The van der Waals surface area contributed by atoms with E-state index in [1.165, 1.54) is 12.2 Å². The molecule has 1 saturated carbocycles. The molecule has 0 aromatic rings. The van der Waals surface area contributed by atoms with Gasteiger partial charge in [-0.15, -0.1) is 0 Å². The quantitative estimate of drug-likeness (QED) is 0.220. The molecule has 1 spiro atoms. The third-order valence-electron chi connectivity index (χ3n) is 8.70. The standard InChI is InChI=1S/C27H32O9/c1-17-8-11-26(19(14-17)35-18-9-10-25(26,3)27(18)16-34-27)15-33-23(31)22-24(2,36-22)12-13-32-21(30)7-5-4-6-20(28)29/h4-8,11,14,18-19,22H,9-10,12-13,15-16H2,1-3H3,(H,28,29)/b6-4-,7-5+/t18-,19-,22+,24+,25-,26-,27+/m0/s1. The Bertz CT molecular complexity index is 1080. The largest absolute Gasteiger partial charge is 0.478 e. The first-order chi connectivity index (χ1) is 17.1. The number of aliphatic carboxylic acids is 1. The molecule has 194 valence electrons. The smallest absolute Gasteiger partial charge is 0.338 e. The molecule has 0 aromatic heterocycles. The highest BCUT2D eigenvalue weighted by molar-refractivity contribution is 5.83. The van der Waals surface area contributed by atoms with Crippen molar-refractivity contribution in [3.05, 3.63) is 48.1 Å². The van der Waals surface area contributed by atoms with Crippen LogP contribution in [0, 0.1) is 10.8 Å². The van der Waals surface area contributed by atoms with E-state index in [1.807, 2.05) is 6.92 Å². The molecule has 0 radical (unpaired) electrons. The maximum atomic E-state index is 13.0. The number of epoxide rings is 2. The van der Waals surface area contributed by atoms with Gasteiger partial charge in [-0.05, 0) is 26.7 Å². The van der Waals surface area contributed by atoms with Crippen LogP contribution in [0.3, 0.4) is 0 Å². The molecule has 9 heteroatoms. The fourth-order valence-corrected chi connectivity index (χ4v) is 6.21. The van der Waals surface area contributed by atoms with Gasteiger partial charge in [-0.1, -0.05) is 42.9 Å². The summed E-state index contributed by atoms with van der Waals surface area (Å²) in [5.74, 6) is -2.16. The van der Waals surface area contributed by atoms with Gasteiger partial charge in [0.05, 0.1) is 30.8 Å². The maximum absolute atomic E-state index is 13.0. The third-order valence-corrected chi connectivity index (χ3v) is 8.70. The lowest BCUT2D eigenvalue weighted by Gasteiger charge is -2.55. The molecule has 1 N–H and O–H groups in total. The van der Waals surface area contributed by atoms with Gasteiger partial charge in [0.1, 0.15) is 17.8 Å². The molecule has 0 unspecified atom stereocenters. The average Bonchev–Trinajstić information content (AvgIpc) is 3.72. The Kier molecular flexibility index (Phi) is 6.01. The van der Waals surface area contributed by atoms with E-state index in [0.717, 1.165) is 30.6 Å². The van der Waals surface area contributed by atoms with Gasteiger partial charge < -0.3 is 28.8 Å². The van der Waals surface area contributed by atoms with Gasteiger partial charge in [0.15, 0.2) is 6.10 Å². The van der Waals surface area contributed by atoms with Gasteiger partial charge in [0.25, 0.3) is 0 Å². The molecule has 2 bridgehead atoms. The van der Waals surface area contributed by atoms with E-state index in [2.05, 4.69) is 25.2 Å². The number of allylic oxidation sites excluding steroid dienone is 4. The van der Waals surface area contributed by atoms with E-state index in [4.69, 9.17) is 28.8 Å². The van der Waals surface area contributed by atoms with Gasteiger partial charge in [-0.3, -0.25) is 0 Å². The molecule has 5 rings (SSSR count). The van der Waals surface area contributed by atoms with Crippen LogP contribution in [0.15, 0.2) is 48.1 Å². The predicted octanol–water partition coefficient (Wildman–Crippen LogP) is 2.66. The van der Waals surface area contributed by atoms with Crippen LogP contribution in [0.1, 0.15) is 40.0 Å². The first-order valence-electron chi connectivity index (χ1n) is 12.3. The molecular weight excluding hydrogens is 468 g/mol. The number of carboxylic acids is 1. The van der Waals surface area contributed by atoms with Gasteiger partial charge >= 0.3 is 17.9 Å². The molecule has 2 aliphatic carbocycles. The molecule has 3 saturated heterocycles. The van der Waals surface area contributed by atoms with Crippen molar-refractivity contribution in [1.29, 1.82) is 0 Å². The Balaban J connectivity index is 1.17. The number of ether oxygens (including phenoxy) is 5. The third kappa shape index (κ3) is 3.93. The van der Waals surface area contributed by atoms with Crippen molar-refractivity contribution in [3.8, 4) is 0 Å². The van der Waals surface area contributed by atoms with E-state index in [-0.39, 0.29) is 36.4 Å². The van der Waals surface area contributed by atoms with E-state index in [9.17, 15) is 14.4 Å². The van der Waals surface area contributed by atoms with Crippen LogP contribution in [0.25, 0.3) is 0 Å². The molecule has 3 aliphatic heterocycles. The van der Waals surface area contributed by atoms with Gasteiger partial charge in [0, 0.05) is 24.0 Å². The minimum Gasteiger partial charge on any atom is -0.478 e. The summed E-state index contributed by atoms with van der Waals surface area (Å²) in [4.78, 5) is 35.1. The Labute approximate surface area is 209 Å². The first kappa shape index (κ1) is 24.9. The molecule has 5 aliphatic rings. The fraction of sp³-hybridized carbons (Fsp3) is 0.593. The van der Waals surface area contributed by atoms with Crippen molar-refractivity contribution in [1.82, 2.24) is 0 Å². The summed E-state index contributed by atoms with van der Waals surface area (Å²) in [6.07, 6.45) is 12.2. The molecular formula is C27H32O9. The van der Waals surface area contributed by atoms with Crippen LogP contribution < -0.4 is 0 Å². The summed E-state index contributed by atoms with van der Waals surface area (Å²) in [6.45, 7) is 6.95. The van der Waals surface area contributed by atoms with Gasteiger partial charge in [0.2, 0.25) is 0 Å². The van der Waals surface area contributed by atoms with E-state index >= 15 is 0 Å². The number of esters is 2. The minimum absolute atomic E-state index is 0.0536. The van der Waals surface area contributed by atoms with Gasteiger partial charge in [-0.25, -0.2) is 14.4 Å². The van der Waals surface area contributed by atoms with Crippen LogP contribution in [-0.4, -0.2) is 72.3 Å². The summed E-state index contributed by atoms with van der Waals surface area (Å²) in [5.41, 5.74) is -0.694. The molecule has 7 atom stereocenters. The molecule has 36 heavy (non-hydrogen) atoms. The lowest BCUT2D eigenvalue weighted by molar-refractivity contribution is -0.195. The first-order valence-corrected chi connectivity index (χ1v) is 12.3. The monoisotopic (exact) mass is 500 g/mol. The normalized spacial score (nSPS) is 41.9. The summed E-state index contributed by atoms with van der Waals surface area (Å²) in [5, 5.41) is 8.53. The summed E-state index contributed by atoms with van der Waals surface area (Å²) < 4.78 is 29.2. The molecule has 3 heterocycles. The van der Waals surface area contributed by atoms with Crippen molar-refractivity contribution < 1.29 is 43.2 Å². The molecule has 4 fully saturated rings. The Morgan fingerprint density at radius 2 is 1.94 bits per heavy atom. The van der Waals surface area contributed by atoms with Gasteiger partial charge in [-0.2, -0.15) is 0 Å². The Morgan fingerprint density at radius 1 is 1.19 bits per heavy atom. The fourth-order valence-electron chi connectivity index (χ4n) is 6.21. The van der Waals surface area contributed by atoms with E-state index in [0.29, 0.717) is 13.0 Å². The molecule has 9 nitrogen and oxygen atoms in total. The number of carbonyl (C=O) groups excluding carboxylic acids is 2.